The number of hydrogen-bond acceptors (Lipinski definition) is 5. The summed E-state index contributed by atoms with van der Waals surface area (Å²) in [5.74, 6) is 0.606. The smallest absolute Gasteiger partial charge is 0.323 e. The molecule has 0 radical (unpaired) electrons. The van der Waals surface area contributed by atoms with Gasteiger partial charge in [0.15, 0.2) is 0 Å². The van der Waals surface area contributed by atoms with Gasteiger partial charge in [-0.05, 0) is 45.7 Å². The first kappa shape index (κ1) is 17.1. The largest absolute Gasteiger partial charge is 0.468 e. The van der Waals surface area contributed by atoms with E-state index < -0.39 is 0 Å². The molecule has 0 aromatic heterocycles. The highest BCUT2D eigenvalue weighted by Gasteiger charge is 2.48. The number of nitrogens with one attached hydrogen (secondary N) is 1. The number of piperidine rings is 2. The molecule has 0 bridgehead atoms. The van der Waals surface area contributed by atoms with Gasteiger partial charge >= 0.3 is 5.97 Å². The Kier molecular flexibility index (Phi) is 5.57. The first-order chi connectivity index (χ1) is 11.1. The molecule has 3 N–H and O–H groups in total. The number of ether oxygens (including phenoxy) is 1. The van der Waals surface area contributed by atoms with Crippen molar-refractivity contribution in [1.82, 2.24) is 15.1 Å². The standard InChI is InChI=1S/C17H32N4O2/c1-12(2)21-11-19-14-7-15(17(22)23-3)20(10-16(14)21)9-13-5-4-6-18-8-13/h12-16,18-19H,4-11H2,1-3H3/p+1/t13?,14?,15-,16?/m0/s1. The molecule has 0 aliphatic carbocycles. The number of likely N-dealkylation sites (tertiary alicyclic amines) is 1. The third-order valence-corrected chi connectivity index (χ3v) is 5.93. The van der Waals surface area contributed by atoms with E-state index in [2.05, 4.69) is 34.3 Å². The first-order valence-corrected chi connectivity index (χ1v) is 9.21. The number of esters is 1. The molecule has 3 saturated heterocycles. The average Bonchev–Trinajstić information content (AvgIpc) is 2.97. The fraction of sp³-hybridized carbons (Fsp3) is 0.941. The van der Waals surface area contributed by atoms with Crippen LogP contribution in [0, 0.1) is 5.92 Å². The maximum atomic E-state index is 12.3. The number of nitrogens with zero attached hydrogens (tertiary/aromatic N) is 2. The molecular formula is C17H33N4O2+. The van der Waals surface area contributed by atoms with Gasteiger partial charge in [0.2, 0.25) is 0 Å². The number of hydrogen-bond donors (Lipinski definition) is 2. The number of methoxy groups -OCH3 is 1. The Morgan fingerprint density at radius 2 is 2.26 bits per heavy atom. The highest BCUT2D eigenvalue weighted by molar-refractivity contribution is 5.75. The summed E-state index contributed by atoms with van der Waals surface area (Å²) in [6, 6.07) is 1.59. The van der Waals surface area contributed by atoms with Crippen LogP contribution in [0.3, 0.4) is 0 Å². The van der Waals surface area contributed by atoms with Gasteiger partial charge in [0.05, 0.1) is 13.2 Å². The van der Waals surface area contributed by atoms with Crippen molar-refractivity contribution in [3.8, 4) is 0 Å². The van der Waals surface area contributed by atoms with Crippen LogP contribution in [-0.4, -0.2) is 79.9 Å². The van der Waals surface area contributed by atoms with E-state index in [1.54, 1.807) is 0 Å². The fourth-order valence-electron chi connectivity index (χ4n) is 4.65. The first-order valence-electron chi connectivity index (χ1n) is 9.21. The average molecular weight is 325 g/mol. The Morgan fingerprint density at radius 3 is 2.91 bits per heavy atom. The number of carbonyl (C=O) groups excluding carboxylic acids is 1. The molecule has 0 spiro atoms. The lowest BCUT2D eigenvalue weighted by atomic mass is 9.90. The second kappa shape index (κ2) is 7.47. The summed E-state index contributed by atoms with van der Waals surface area (Å²) in [5, 5.41) is 5.91. The Hall–Kier alpha value is -0.690. The summed E-state index contributed by atoms with van der Waals surface area (Å²) in [6.07, 6.45) is 3.44. The van der Waals surface area contributed by atoms with E-state index >= 15 is 0 Å². The van der Waals surface area contributed by atoms with Crippen LogP contribution in [0.4, 0.5) is 0 Å². The Balaban J connectivity index is 1.70. The molecule has 3 fully saturated rings. The Labute approximate surface area is 139 Å². The molecule has 3 heterocycles. The SMILES string of the molecule is COC(=O)[C@@H]1CC2[NH2+]CN(C(C)C)C2CN1CC1CCCNC1. The van der Waals surface area contributed by atoms with Crippen LogP contribution >= 0.6 is 0 Å². The number of rotatable bonds is 4. The molecule has 6 nitrogen and oxygen atoms in total. The van der Waals surface area contributed by atoms with Crippen molar-refractivity contribution in [2.45, 2.75) is 57.3 Å². The topological polar surface area (TPSA) is 61.4 Å². The third-order valence-electron chi connectivity index (χ3n) is 5.93. The maximum absolute atomic E-state index is 12.3. The van der Waals surface area contributed by atoms with Crippen molar-refractivity contribution < 1.29 is 14.8 Å². The summed E-state index contributed by atoms with van der Waals surface area (Å²) in [4.78, 5) is 17.3. The molecule has 3 unspecified atom stereocenters. The number of nitrogens with two attached hydrogens (primary N) is 1. The van der Waals surface area contributed by atoms with Gasteiger partial charge in [-0.2, -0.15) is 0 Å². The monoisotopic (exact) mass is 325 g/mol. The van der Waals surface area contributed by atoms with Crippen LogP contribution in [0.25, 0.3) is 0 Å². The summed E-state index contributed by atoms with van der Waals surface area (Å²) in [6.45, 7) is 9.84. The van der Waals surface area contributed by atoms with Crippen molar-refractivity contribution in [3.05, 3.63) is 0 Å². The molecule has 6 heteroatoms. The van der Waals surface area contributed by atoms with Crippen molar-refractivity contribution in [3.63, 3.8) is 0 Å². The van der Waals surface area contributed by atoms with Gasteiger partial charge in [-0.1, -0.05) is 0 Å². The molecule has 23 heavy (non-hydrogen) atoms. The summed E-state index contributed by atoms with van der Waals surface area (Å²) in [5.41, 5.74) is 0. The molecule has 0 aromatic carbocycles. The van der Waals surface area contributed by atoms with Crippen LogP contribution in [0.2, 0.25) is 0 Å². The predicted octanol–water partition coefficient (Wildman–Crippen LogP) is -0.785. The molecule has 3 aliphatic heterocycles. The lowest BCUT2D eigenvalue weighted by Gasteiger charge is -2.42. The Bertz CT molecular complexity index is 411. The highest BCUT2D eigenvalue weighted by atomic mass is 16.5. The summed E-state index contributed by atoms with van der Waals surface area (Å²) < 4.78 is 5.11. The minimum atomic E-state index is -0.0634. The van der Waals surface area contributed by atoms with Crippen LogP contribution in [0.1, 0.15) is 33.1 Å². The normalized spacial score (nSPS) is 36.2. The van der Waals surface area contributed by atoms with E-state index in [-0.39, 0.29) is 12.0 Å². The number of fused-ring (bicyclic) bond motifs is 1. The van der Waals surface area contributed by atoms with Crippen LogP contribution in [0.5, 0.6) is 0 Å². The van der Waals surface area contributed by atoms with Gasteiger partial charge in [-0.15, -0.1) is 0 Å². The zero-order chi connectivity index (χ0) is 16.4. The predicted molar refractivity (Wildman–Crippen MR) is 88.9 cm³/mol. The molecule has 3 rings (SSSR count). The van der Waals surface area contributed by atoms with Gasteiger partial charge in [0.25, 0.3) is 0 Å². The molecule has 0 amide bonds. The second-order valence-corrected chi connectivity index (χ2v) is 7.70. The van der Waals surface area contributed by atoms with Crippen molar-refractivity contribution in [2.75, 3.05) is 40.0 Å². The third kappa shape index (κ3) is 3.71. The molecular weight excluding hydrogens is 292 g/mol. The minimum Gasteiger partial charge on any atom is -0.468 e. The van der Waals surface area contributed by atoms with E-state index in [4.69, 9.17) is 4.74 Å². The highest BCUT2D eigenvalue weighted by Crippen LogP contribution is 2.26. The second-order valence-electron chi connectivity index (χ2n) is 7.70. The van der Waals surface area contributed by atoms with Gasteiger partial charge in [-0.3, -0.25) is 9.69 Å². The van der Waals surface area contributed by atoms with Crippen molar-refractivity contribution >= 4 is 5.97 Å². The van der Waals surface area contributed by atoms with Crippen molar-refractivity contribution in [2.24, 2.45) is 5.92 Å². The quantitative estimate of drug-likeness (QED) is 0.664. The molecule has 4 atom stereocenters. The van der Waals surface area contributed by atoms with Gasteiger partial charge in [0.1, 0.15) is 18.8 Å². The molecule has 0 saturated carbocycles. The summed E-state index contributed by atoms with van der Waals surface area (Å²) in [7, 11) is 1.52. The van der Waals surface area contributed by atoms with Crippen LogP contribution in [0.15, 0.2) is 0 Å². The van der Waals surface area contributed by atoms with Crippen LogP contribution in [-0.2, 0) is 9.53 Å². The van der Waals surface area contributed by atoms with E-state index in [1.807, 2.05) is 0 Å². The lowest BCUT2D eigenvalue weighted by molar-refractivity contribution is -0.678. The number of quaternary nitrogens is 1. The van der Waals surface area contributed by atoms with E-state index in [1.165, 1.54) is 20.0 Å². The zero-order valence-corrected chi connectivity index (χ0v) is 14.8. The van der Waals surface area contributed by atoms with Gasteiger partial charge < -0.3 is 15.4 Å². The number of carbonyl (C=O) groups is 1. The fourth-order valence-corrected chi connectivity index (χ4v) is 4.65. The maximum Gasteiger partial charge on any atom is 0.323 e. The van der Waals surface area contributed by atoms with E-state index in [9.17, 15) is 4.79 Å². The van der Waals surface area contributed by atoms with E-state index in [0.717, 1.165) is 39.3 Å². The van der Waals surface area contributed by atoms with Gasteiger partial charge in [-0.25, -0.2) is 4.90 Å². The zero-order valence-electron chi connectivity index (χ0n) is 14.8. The minimum absolute atomic E-state index is 0.0522. The Morgan fingerprint density at radius 1 is 1.43 bits per heavy atom. The van der Waals surface area contributed by atoms with Gasteiger partial charge in [0, 0.05) is 25.6 Å². The van der Waals surface area contributed by atoms with Crippen LogP contribution < -0.4 is 10.6 Å². The molecule has 0 aromatic rings. The van der Waals surface area contributed by atoms with Crippen molar-refractivity contribution in [1.29, 1.82) is 0 Å². The summed E-state index contributed by atoms with van der Waals surface area (Å²) >= 11 is 0. The van der Waals surface area contributed by atoms with E-state index in [0.29, 0.717) is 24.0 Å². The molecule has 3 aliphatic rings. The lowest BCUT2D eigenvalue weighted by Crippen LogP contribution is -2.89. The molecule has 132 valence electrons.